The van der Waals surface area contributed by atoms with Gasteiger partial charge in [-0.05, 0) is 52.4 Å². The van der Waals surface area contributed by atoms with E-state index in [2.05, 4.69) is 21.2 Å². The van der Waals surface area contributed by atoms with Crippen LogP contribution >= 0.6 is 15.9 Å². The summed E-state index contributed by atoms with van der Waals surface area (Å²) in [6.45, 7) is 0.762. The molecule has 1 aromatic rings. The number of halogens is 2. The molecule has 0 atom stereocenters. The van der Waals surface area contributed by atoms with Crippen LogP contribution in [0.2, 0.25) is 0 Å². The highest BCUT2D eigenvalue weighted by Gasteiger charge is 2.21. The molecule has 2 nitrogen and oxygen atoms in total. The smallest absolute Gasteiger partial charge is 0.224 e. The molecule has 1 aliphatic carbocycles. The fourth-order valence-corrected chi connectivity index (χ4v) is 1.72. The van der Waals surface area contributed by atoms with Crippen molar-refractivity contribution in [2.75, 3.05) is 6.54 Å². The van der Waals surface area contributed by atoms with Gasteiger partial charge >= 0.3 is 0 Å². The maximum atomic E-state index is 13.2. The summed E-state index contributed by atoms with van der Waals surface area (Å²) in [5, 5.41) is 2.85. The van der Waals surface area contributed by atoms with Crippen LogP contribution in [0.15, 0.2) is 22.7 Å². The molecule has 0 spiro atoms. The Morgan fingerprint density at radius 3 is 2.88 bits per heavy atom. The van der Waals surface area contributed by atoms with Crippen molar-refractivity contribution < 1.29 is 9.18 Å². The van der Waals surface area contributed by atoms with E-state index in [0.29, 0.717) is 16.0 Å². The van der Waals surface area contributed by atoms with Crippen molar-refractivity contribution in [1.29, 1.82) is 0 Å². The third-order valence-corrected chi connectivity index (χ3v) is 3.28. The van der Waals surface area contributed by atoms with Gasteiger partial charge in [-0.25, -0.2) is 4.39 Å². The zero-order valence-corrected chi connectivity index (χ0v) is 10.4. The summed E-state index contributed by atoms with van der Waals surface area (Å²) in [6, 6.07) is 4.77. The Hall–Kier alpha value is -0.900. The average molecular weight is 286 g/mol. The largest absolute Gasteiger partial charge is 0.356 e. The molecular weight excluding hydrogens is 273 g/mol. The van der Waals surface area contributed by atoms with Crippen molar-refractivity contribution in [1.82, 2.24) is 5.32 Å². The molecule has 1 aliphatic rings. The zero-order valence-electron chi connectivity index (χ0n) is 8.80. The van der Waals surface area contributed by atoms with Gasteiger partial charge in [-0.2, -0.15) is 0 Å². The minimum atomic E-state index is -0.326. The van der Waals surface area contributed by atoms with Gasteiger partial charge in [0.2, 0.25) is 5.91 Å². The Morgan fingerprint density at radius 2 is 2.25 bits per heavy atom. The molecule has 0 saturated heterocycles. The molecular formula is C12H13BrFNO. The normalized spacial score (nSPS) is 14.9. The summed E-state index contributed by atoms with van der Waals surface area (Å²) < 4.78 is 13.6. The first-order valence-electron chi connectivity index (χ1n) is 5.36. The molecule has 0 bridgehead atoms. The van der Waals surface area contributed by atoms with Crippen LogP contribution in [0.5, 0.6) is 0 Å². The number of nitrogens with one attached hydrogen (secondary N) is 1. The predicted octanol–water partition coefficient (Wildman–Crippen LogP) is 2.66. The molecule has 0 unspecified atom stereocenters. The van der Waals surface area contributed by atoms with E-state index in [1.54, 1.807) is 12.1 Å². The topological polar surface area (TPSA) is 29.1 Å². The SMILES string of the molecule is O=C(Cc1ccc(Br)c(F)c1)NCC1CC1. The van der Waals surface area contributed by atoms with Crippen LogP contribution in [-0.2, 0) is 11.2 Å². The lowest BCUT2D eigenvalue weighted by Gasteiger charge is -2.04. The Morgan fingerprint density at radius 1 is 1.50 bits per heavy atom. The predicted molar refractivity (Wildman–Crippen MR) is 63.5 cm³/mol. The highest BCUT2D eigenvalue weighted by atomic mass is 79.9. The van der Waals surface area contributed by atoms with Crippen LogP contribution < -0.4 is 5.32 Å². The zero-order chi connectivity index (χ0) is 11.5. The molecule has 1 aromatic carbocycles. The Bertz CT molecular complexity index is 404. The third-order valence-electron chi connectivity index (χ3n) is 2.63. The van der Waals surface area contributed by atoms with Gasteiger partial charge in [0.1, 0.15) is 5.82 Å². The van der Waals surface area contributed by atoms with E-state index >= 15 is 0 Å². The van der Waals surface area contributed by atoms with E-state index in [1.165, 1.54) is 18.9 Å². The van der Waals surface area contributed by atoms with Gasteiger partial charge in [0.25, 0.3) is 0 Å². The van der Waals surface area contributed by atoms with Crippen LogP contribution in [-0.4, -0.2) is 12.5 Å². The number of carbonyl (C=O) groups is 1. The fourth-order valence-electron chi connectivity index (χ4n) is 1.48. The molecule has 1 fully saturated rings. The lowest BCUT2D eigenvalue weighted by molar-refractivity contribution is -0.120. The first kappa shape index (κ1) is 11.6. The lowest BCUT2D eigenvalue weighted by Crippen LogP contribution is -2.27. The number of carbonyl (C=O) groups excluding carboxylic acids is 1. The molecule has 4 heteroatoms. The lowest BCUT2D eigenvalue weighted by atomic mass is 10.1. The molecule has 1 N–H and O–H groups in total. The first-order chi connectivity index (χ1) is 7.65. The molecule has 0 heterocycles. The summed E-state index contributed by atoms with van der Waals surface area (Å²) in [5.74, 6) is 0.312. The maximum Gasteiger partial charge on any atom is 0.224 e. The number of hydrogen-bond donors (Lipinski definition) is 1. The first-order valence-corrected chi connectivity index (χ1v) is 6.15. The summed E-state index contributed by atoms with van der Waals surface area (Å²) in [7, 11) is 0. The number of amides is 1. The van der Waals surface area contributed by atoms with Gasteiger partial charge in [0, 0.05) is 6.54 Å². The highest BCUT2D eigenvalue weighted by molar-refractivity contribution is 9.10. The third kappa shape index (κ3) is 3.30. The molecule has 2 rings (SSSR count). The molecule has 0 aromatic heterocycles. The standard InChI is InChI=1S/C12H13BrFNO/c13-10-4-3-9(5-11(10)14)6-12(16)15-7-8-1-2-8/h3-5,8H,1-2,6-7H2,(H,15,16). The van der Waals surface area contributed by atoms with Gasteiger partial charge in [-0.1, -0.05) is 6.07 Å². The monoisotopic (exact) mass is 285 g/mol. The van der Waals surface area contributed by atoms with E-state index in [-0.39, 0.29) is 18.1 Å². The van der Waals surface area contributed by atoms with Crippen molar-refractivity contribution in [3.63, 3.8) is 0 Å². The molecule has 86 valence electrons. The van der Waals surface area contributed by atoms with Crippen molar-refractivity contribution in [3.8, 4) is 0 Å². The summed E-state index contributed by atoms with van der Waals surface area (Å²) in [4.78, 5) is 11.5. The summed E-state index contributed by atoms with van der Waals surface area (Å²) >= 11 is 3.08. The number of benzene rings is 1. The molecule has 16 heavy (non-hydrogen) atoms. The minimum Gasteiger partial charge on any atom is -0.356 e. The molecule has 0 radical (unpaired) electrons. The van der Waals surface area contributed by atoms with E-state index in [9.17, 15) is 9.18 Å². The van der Waals surface area contributed by atoms with Gasteiger partial charge in [-0.3, -0.25) is 4.79 Å². The fraction of sp³-hybridized carbons (Fsp3) is 0.417. The van der Waals surface area contributed by atoms with E-state index in [0.717, 1.165) is 6.54 Å². The van der Waals surface area contributed by atoms with Gasteiger partial charge < -0.3 is 5.32 Å². The highest BCUT2D eigenvalue weighted by Crippen LogP contribution is 2.27. The van der Waals surface area contributed by atoms with Crippen LogP contribution in [0.25, 0.3) is 0 Å². The van der Waals surface area contributed by atoms with Crippen LogP contribution in [0.4, 0.5) is 4.39 Å². The molecule has 0 aliphatic heterocycles. The Balaban J connectivity index is 1.86. The second kappa shape index (κ2) is 4.95. The maximum absolute atomic E-state index is 13.2. The van der Waals surface area contributed by atoms with E-state index in [1.807, 2.05) is 0 Å². The van der Waals surface area contributed by atoms with Gasteiger partial charge in [0.15, 0.2) is 0 Å². The van der Waals surface area contributed by atoms with Crippen molar-refractivity contribution in [2.24, 2.45) is 5.92 Å². The van der Waals surface area contributed by atoms with Crippen LogP contribution in [0, 0.1) is 11.7 Å². The van der Waals surface area contributed by atoms with E-state index < -0.39 is 0 Å². The van der Waals surface area contributed by atoms with Crippen molar-refractivity contribution in [2.45, 2.75) is 19.3 Å². The van der Waals surface area contributed by atoms with Crippen molar-refractivity contribution >= 4 is 21.8 Å². The average Bonchev–Trinajstić information content (AvgIpc) is 3.04. The molecule has 1 saturated carbocycles. The van der Waals surface area contributed by atoms with E-state index in [4.69, 9.17) is 0 Å². The summed E-state index contributed by atoms with van der Waals surface area (Å²) in [6.07, 6.45) is 2.68. The summed E-state index contributed by atoms with van der Waals surface area (Å²) in [5.41, 5.74) is 0.703. The van der Waals surface area contributed by atoms with Crippen LogP contribution in [0.3, 0.4) is 0 Å². The Labute approximate surface area is 102 Å². The minimum absolute atomic E-state index is 0.0337. The number of rotatable bonds is 4. The number of hydrogen-bond acceptors (Lipinski definition) is 1. The van der Waals surface area contributed by atoms with Crippen molar-refractivity contribution in [3.05, 3.63) is 34.1 Å². The Kier molecular flexibility index (Phi) is 3.59. The second-order valence-corrected chi connectivity index (χ2v) is 5.03. The second-order valence-electron chi connectivity index (χ2n) is 4.17. The molecule has 1 amide bonds. The quantitative estimate of drug-likeness (QED) is 0.905. The van der Waals surface area contributed by atoms with Gasteiger partial charge in [0.05, 0.1) is 10.9 Å². The van der Waals surface area contributed by atoms with Crippen LogP contribution in [0.1, 0.15) is 18.4 Å². The van der Waals surface area contributed by atoms with Gasteiger partial charge in [-0.15, -0.1) is 0 Å².